The highest BCUT2D eigenvalue weighted by Crippen LogP contribution is 2.29. The zero-order valence-corrected chi connectivity index (χ0v) is 13.1. The Morgan fingerprint density at radius 2 is 2.05 bits per heavy atom. The lowest BCUT2D eigenvalue weighted by molar-refractivity contribution is 0.0980. The Balaban J connectivity index is 1.63. The quantitative estimate of drug-likeness (QED) is 0.897. The summed E-state index contributed by atoms with van der Waals surface area (Å²) in [6.07, 6.45) is 7.03. The Labute approximate surface area is 128 Å². The van der Waals surface area contributed by atoms with Crippen LogP contribution in [0.4, 0.5) is 0 Å². The molecular weight excluding hydrogens is 260 g/mol. The summed E-state index contributed by atoms with van der Waals surface area (Å²) < 4.78 is 0. The standard InChI is InChI=1S/C18H28N2O/c1-14-11-19-18(16-7-3-2-4-8-16)13-20(14)12-15-6-5-9-17(21)10-15/h5-6,9-10,14,16,18-19,21H,2-4,7-8,11-13H2,1H3. The van der Waals surface area contributed by atoms with Crippen LogP contribution in [0.15, 0.2) is 24.3 Å². The third-order valence-corrected chi connectivity index (χ3v) is 5.25. The van der Waals surface area contributed by atoms with Crippen LogP contribution in [-0.2, 0) is 6.54 Å². The van der Waals surface area contributed by atoms with Crippen LogP contribution in [0.25, 0.3) is 0 Å². The molecule has 0 radical (unpaired) electrons. The van der Waals surface area contributed by atoms with E-state index >= 15 is 0 Å². The fourth-order valence-corrected chi connectivity index (χ4v) is 3.91. The molecule has 0 bridgehead atoms. The molecule has 3 heteroatoms. The van der Waals surface area contributed by atoms with Crippen molar-refractivity contribution in [3.63, 3.8) is 0 Å². The number of nitrogens with one attached hydrogen (secondary N) is 1. The summed E-state index contributed by atoms with van der Waals surface area (Å²) in [5, 5.41) is 13.4. The molecule has 116 valence electrons. The molecule has 1 aromatic carbocycles. The van der Waals surface area contributed by atoms with Crippen molar-refractivity contribution in [2.45, 2.75) is 57.7 Å². The van der Waals surface area contributed by atoms with Gasteiger partial charge in [-0.25, -0.2) is 0 Å². The van der Waals surface area contributed by atoms with Gasteiger partial charge in [-0.1, -0.05) is 31.4 Å². The zero-order chi connectivity index (χ0) is 14.7. The summed E-state index contributed by atoms with van der Waals surface area (Å²) in [5.41, 5.74) is 1.21. The van der Waals surface area contributed by atoms with Gasteiger partial charge in [-0.3, -0.25) is 4.90 Å². The number of benzene rings is 1. The average Bonchev–Trinajstić information content (AvgIpc) is 2.50. The summed E-state index contributed by atoms with van der Waals surface area (Å²) in [6.45, 7) is 5.47. The largest absolute Gasteiger partial charge is 0.508 e. The molecule has 21 heavy (non-hydrogen) atoms. The van der Waals surface area contributed by atoms with E-state index in [4.69, 9.17) is 0 Å². The van der Waals surface area contributed by atoms with Crippen LogP contribution < -0.4 is 5.32 Å². The predicted octanol–water partition coefficient (Wildman–Crippen LogP) is 3.13. The van der Waals surface area contributed by atoms with Crippen LogP contribution in [0.2, 0.25) is 0 Å². The number of rotatable bonds is 3. The lowest BCUT2D eigenvalue weighted by Crippen LogP contribution is -2.57. The smallest absolute Gasteiger partial charge is 0.115 e. The summed E-state index contributed by atoms with van der Waals surface area (Å²) in [6, 6.07) is 8.91. The summed E-state index contributed by atoms with van der Waals surface area (Å²) >= 11 is 0. The topological polar surface area (TPSA) is 35.5 Å². The van der Waals surface area contributed by atoms with Crippen LogP contribution >= 0.6 is 0 Å². The minimum atomic E-state index is 0.374. The van der Waals surface area contributed by atoms with Crippen molar-refractivity contribution in [1.82, 2.24) is 10.2 Å². The van der Waals surface area contributed by atoms with Gasteiger partial charge < -0.3 is 10.4 Å². The average molecular weight is 288 g/mol. The van der Waals surface area contributed by atoms with E-state index in [9.17, 15) is 5.11 Å². The van der Waals surface area contributed by atoms with Gasteiger partial charge >= 0.3 is 0 Å². The van der Waals surface area contributed by atoms with Crippen LogP contribution in [0.5, 0.6) is 5.75 Å². The SMILES string of the molecule is CC1CNC(C2CCCCC2)CN1Cc1cccc(O)c1. The van der Waals surface area contributed by atoms with Gasteiger partial charge in [0.25, 0.3) is 0 Å². The maximum absolute atomic E-state index is 9.63. The highest BCUT2D eigenvalue weighted by molar-refractivity contribution is 5.27. The molecule has 2 fully saturated rings. The zero-order valence-electron chi connectivity index (χ0n) is 13.1. The van der Waals surface area contributed by atoms with Gasteiger partial charge in [0.2, 0.25) is 0 Å². The molecule has 0 aromatic heterocycles. The third-order valence-electron chi connectivity index (χ3n) is 5.25. The lowest BCUT2D eigenvalue weighted by Gasteiger charge is -2.43. The van der Waals surface area contributed by atoms with E-state index in [1.807, 2.05) is 12.1 Å². The van der Waals surface area contributed by atoms with E-state index in [2.05, 4.69) is 23.2 Å². The molecule has 2 aliphatic rings. The molecule has 1 heterocycles. The Bertz CT molecular complexity index is 456. The van der Waals surface area contributed by atoms with E-state index in [0.717, 1.165) is 25.6 Å². The molecule has 1 aromatic rings. The second kappa shape index (κ2) is 6.80. The molecule has 3 rings (SSSR count). The van der Waals surface area contributed by atoms with E-state index in [-0.39, 0.29) is 0 Å². The summed E-state index contributed by atoms with van der Waals surface area (Å²) in [7, 11) is 0. The van der Waals surface area contributed by atoms with E-state index in [1.165, 1.54) is 37.7 Å². The van der Waals surface area contributed by atoms with Crippen LogP contribution in [0.3, 0.4) is 0 Å². The highest BCUT2D eigenvalue weighted by atomic mass is 16.3. The number of hydrogen-bond donors (Lipinski definition) is 2. The van der Waals surface area contributed by atoms with Gasteiger partial charge in [0, 0.05) is 31.7 Å². The second-order valence-corrected chi connectivity index (χ2v) is 6.86. The Morgan fingerprint density at radius 1 is 1.24 bits per heavy atom. The van der Waals surface area contributed by atoms with Crippen LogP contribution in [0, 0.1) is 5.92 Å². The molecule has 2 unspecified atom stereocenters. The summed E-state index contributed by atoms with van der Waals surface area (Å²) in [5.74, 6) is 1.23. The van der Waals surface area contributed by atoms with Gasteiger partial charge in [-0.15, -0.1) is 0 Å². The number of piperazine rings is 1. The van der Waals surface area contributed by atoms with Gasteiger partial charge in [0.1, 0.15) is 5.75 Å². The molecule has 2 N–H and O–H groups in total. The molecular formula is C18H28N2O. The van der Waals surface area contributed by atoms with Crippen molar-refractivity contribution >= 4 is 0 Å². The van der Waals surface area contributed by atoms with E-state index < -0.39 is 0 Å². The minimum absolute atomic E-state index is 0.374. The van der Waals surface area contributed by atoms with Gasteiger partial charge in [-0.2, -0.15) is 0 Å². The van der Waals surface area contributed by atoms with Crippen molar-refractivity contribution in [2.75, 3.05) is 13.1 Å². The van der Waals surface area contributed by atoms with E-state index in [1.54, 1.807) is 6.07 Å². The van der Waals surface area contributed by atoms with E-state index in [0.29, 0.717) is 17.8 Å². The normalized spacial score (nSPS) is 28.6. The molecule has 1 aliphatic carbocycles. The van der Waals surface area contributed by atoms with Crippen molar-refractivity contribution in [1.29, 1.82) is 0 Å². The maximum Gasteiger partial charge on any atom is 0.115 e. The Morgan fingerprint density at radius 3 is 2.81 bits per heavy atom. The first-order chi connectivity index (χ1) is 10.2. The number of phenolic OH excluding ortho intramolecular Hbond substituents is 1. The third kappa shape index (κ3) is 3.78. The van der Waals surface area contributed by atoms with Gasteiger partial charge in [0.05, 0.1) is 0 Å². The monoisotopic (exact) mass is 288 g/mol. The number of phenols is 1. The Kier molecular flexibility index (Phi) is 4.81. The molecule has 2 atom stereocenters. The second-order valence-electron chi connectivity index (χ2n) is 6.86. The molecule has 3 nitrogen and oxygen atoms in total. The number of hydrogen-bond acceptors (Lipinski definition) is 3. The van der Waals surface area contributed by atoms with Crippen LogP contribution in [-0.4, -0.2) is 35.2 Å². The number of nitrogens with zero attached hydrogens (tertiary/aromatic N) is 1. The predicted molar refractivity (Wildman–Crippen MR) is 86.3 cm³/mol. The maximum atomic E-state index is 9.63. The Hall–Kier alpha value is -1.06. The molecule has 1 saturated heterocycles. The van der Waals surface area contributed by atoms with Gasteiger partial charge in [-0.05, 0) is 43.4 Å². The van der Waals surface area contributed by atoms with Crippen molar-refractivity contribution < 1.29 is 5.11 Å². The molecule has 1 saturated carbocycles. The van der Waals surface area contributed by atoms with Crippen molar-refractivity contribution in [3.05, 3.63) is 29.8 Å². The van der Waals surface area contributed by atoms with Crippen molar-refractivity contribution in [3.8, 4) is 5.75 Å². The first kappa shape index (κ1) is 14.9. The first-order valence-electron chi connectivity index (χ1n) is 8.48. The minimum Gasteiger partial charge on any atom is -0.508 e. The van der Waals surface area contributed by atoms with Crippen molar-refractivity contribution in [2.24, 2.45) is 5.92 Å². The number of aromatic hydroxyl groups is 1. The fourth-order valence-electron chi connectivity index (χ4n) is 3.91. The fraction of sp³-hybridized carbons (Fsp3) is 0.667. The van der Waals surface area contributed by atoms with Gasteiger partial charge in [0.15, 0.2) is 0 Å². The molecule has 1 aliphatic heterocycles. The molecule has 0 amide bonds. The summed E-state index contributed by atoms with van der Waals surface area (Å²) in [4.78, 5) is 2.57. The molecule has 0 spiro atoms. The highest BCUT2D eigenvalue weighted by Gasteiger charge is 2.30. The van der Waals surface area contributed by atoms with Crippen LogP contribution in [0.1, 0.15) is 44.6 Å². The lowest BCUT2D eigenvalue weighted by atomic mass is 9.82. The first-order valence-corrected chi connectivity index (χ1v) is 8.48.